The molecule has 0 saturated heterocycles. The normalized spacial score (nSPS) is 25.0. The van der Waals surface area contributed by atoms with E-state index in [0.717, 1.165) is 25.1 Å². The third kappa shape index (κ3) is 1.51. The van der Waals surface area contributed by atoms with Crippen molar-refractivity contribution in [3.63, 3.8) is 0 Å². The van der Waals surface area contributed by atoms with Crippen molar-refractivity contribution in [3.05, 3.63) is 0 Å². The summed E-state index contributed by atoms with van der Waals surface area (Å²) < 4.78 is 0. The predicted molar refractivity (Wildman–Crippen MR) is 45.1 cm³/mol. The van der Waals surface area contributed by atoms with Crippen LogP contribution in [0.5, 0.6) is 0 Å². The van der Waals surface area contributed by atoms with Gasteiger partial charge in [-0.25, -0.2) is 0 Å². The number of nitrogens with zero attached hydrogens (tertiary/aromatic N) is 1. The van der Waals surface area contributed by atoms with Gasteiger partial charge in [0.15, 0.2) is 0 Å². The fourth-order valence-corrected chi connectivity index (χ4v) is 1.54. The maximum atomic E-state index is 5.57. The number of hydrogen-bond donors (Lipinski definition) is 0. The zero-order valence-electron chi connectivity index (χ0n) is 6.48. The Morgan fingerprint density at radius 1 is 1.55 bits per heavy atom. The highest BCUT2D eigenvalue weighted by molar-refractivity contribution is 6.17. The molecule has 62 valence electrons. The molecule has 1 spiro atoms. The average Bonchev–Trinajstić information content (AvgIpc) is 2.61. The van der Waals surface area contributed by atoms with Gasteiger partial charge in [0.2, 0.25) is 0 Å². The fraction of sp³-hybridized carbons (Fsp3) is 0.875. The van der Waals surface area contributed by atoms with Gasteiger partial charge >= 0.3 is 0 Å². The smallest absolute Gasteiger partial charge is 0.143 e. The van der Waals surface area contributed by atoms with E-state index < -0.39 is 0 Å². The van der Waals surface area contributed by atoms with Gasteiger partial charge in [-0.1, -0.05) is 5.16 Å². The van der Waals surface area contributed by atoms with Crippen LogP contribution in [0.25, 0.3) is 0 Å². The average molecular weight is 174 g/mol. The van der Waals surface area contributed by atoms with E-state index in [-0.39, 0.29) is 5.60 Å². The van der Waals surface area contributed by atoms with Gasteiger partial charge in [0, 0.05) is 12.3 Å². The third-order valence-corrected chi connectivity index (χ3v) is 2.57. The Bertz CT molecular complexity index is 187. The molecule has 0 aromatic rings. The lowest BCUT2D eigenvalue weighted by atomic mass is 10.1. The molecule has 0 atom stereocenters. The van der Waals surface area contributed by atoms with Gasteiger partial charge in [0.25, 0.3) is 0 Å². The molecule has 0 bridgehead atoms. The highest BCUT2D eigenvalue weighted by Crippen LogP contribution is 2.46. The molecule has 3 heteroatoms. The molecule has 2 aliphatic rings. The Hall–Kier alpha value is -0.240. The van der Waals surface area contributed by atoms with Crippen molar-refractivity contribution in [1.82, 2.24) is 0 Å². The Kier molecular flexibility index (Phi) is 1.80. The third-order valence-electron chi connectivity index (χ3n) is 2.30. The monoisotopic (exact) mass is 173 g/mol. The van der Waals surface area contributed by atoms with Crippen LogP contribution >= 0.6 is 11.6 Å². The topological polar surface area (TPSA) is 21.6 Å². The van der Waals surface area contributed by atoms with Gasteiger partial charge in [-0.15, -0.1) is 11.6 Å². The van der Waals surface area contributed by atoms with Gasteiger partial charge in [-0.05, 0) is 25.7 Å². The zero-order chi connectivity index (χ0) is 7.73. The minimum Gasteiger partial charge on any atom is -0.389 e. The molecule has 0 N–H and O–H groups in total. The summed E-state index contributed by atoms with van der Waals surface area (Å²) in [5, 5.41) is 4.05. The van der Waals surface area contributed by atoms with Crippen molar-refractivity contribution in [2.45, 2.75) is 37.7 Å². The maximum Gasteiger partial charge on any atom is 0.143 e. The minimum absolute atomic E-state index is 0.168. The first kappa shape index (κ1) is 7.41. The van der Waals surface area contributed by atoms with E-state index in [9.17, 15) is 0 Å². The van der Waals surface area contributed by atoms with E-state index in [4.69, 9.17) is 16.4 Å². The van der Waals surface area contributed by atoms with Crippen LogP contribution in [0.15, 0.2) is 5.16 Å². The minimum atomic E-state index is 0.168. The highest BCUT2D eigenvalue weighted by Gasteiger charge is 2.49. The van der Waals surface area contributed by atoms with Crippen LogP contribution in [-0.2, 0) is 4.84 Å². The molecular weight excluding hydrogens is 162 g/mol. The standard InChI is InChI=1S/C8H12ClNO/c9-5-1-2-7-6-8(3-4-8)11-10-7/h1-6H2. The van der Waals surface area contributed by atoms with Crippen molar-refractivity contribution in [2.24, 2.45) is 5.16 Å². The van der Waals surface area contributed by atoms with Crippen LogP contribution in [0.2, 0.25) is 0 Å². The van der Waals surface area contributed by atoms with E-state index in [0.29, 0.717) is 0 Å². The first-order valence-electron chi connectivity index (χ1n) is 4.15. The molecule has 0 aromatic heterocycles. The summed E-state index contributed by atoms with van der Waals surface area (Å²) in [6.07, 6.45) is 5.50. The van der Waals surface area contributed by atoms with Gasteiger partial charge in [0.05, 0.1) is 5.71 Å². The Labute approximate surface area is 71.5 Å². The lowest BCUT2D eigenvalue weighted by Gasteiger charge is -2.00. The molecule has 1 aliphatic heterocycles. The molecule has 0 amide bonds. The lowest BCUT2D eigenvalue weighted by Crippen LogP contribution is -2.07. The summed E-state index contributed by atoms with van der Waals surface area (Å²) in [6, 6.07) is 0. The van der Waals surface area contributed by atoms with Crippen LogP contribution in [-0.4, -0.2) is 17.2 Å². The summed E-state index contributed by atoms with van der Waals surface area (Å²) in [5.41, 5.74) is 1.38. The zero-order valence-corrected chi connectivity index (χ0v) is 7.23. The van der Waals surface area contributed by atoms with Crippen molar-refractivity contribution >= 4 is 17.3 Å². The number of hydrogen-bond acceptors (Lipinski definition) is 2. The molecule has 0 aromatic carbocycles. The van der Waals surface area contributed by atoms with Gasteiger partial charge in [-0.3, -0.25) is 0 Å². The summed E-state index contributed by atoms with van der Waals surface area (Å²) in [4.78, 5) is 5.31. The molecule has 2 nitrogen and oxygen atoms in total. The van der Waals surface area contributed by atoms with E-state index in [1.54, 1.807) is 0 Å². The number of oxime groups is 1. The molecule has 0 radical (unpaired) electrons. The van der Waals surface area contributed by atoms with E-state index in [1.807, 2.05) is 0 Å². The van der Waals surface area contributed by atoms with Crippen LogP contribution in [0.1, 0.15) is 32.1 Å². The summed E-state index contributed by atoms with van der Waals surface area (Å²) in [5.74, 6) is 0.728. The molecule has 1 aliphatic carbocycles. The second-order valence-electron chi connectivity index (χ2n) is 3.40. The summed E-state index contributed by atoms with van der Waals surface area (Å²) in [6.45, 7) is 0. The van der Waals surface area contributed by atoms with E-state index in [1.165, 1.54) is 18.6 Å². The van der Waals surface area contributed by atoms with Crippen LogP contribution in [0.4, 0.5) is 0 Å². The summed E-state index contributed by atoms with van der Waals surface area (Å²) in [7, 11) is 0. The summed E-state index contributed by atoms with van der Waals surface area (Å²) >= 11 is 5.57. The van der Waals surface area contributed by atoms with Crippen molar-refractivity contribution in [1.29, 1.82) is 0 Å². The fourth-order valence-electron chi connectivity index (χ4n) is 1.41. The first-order chi connectivity index (χ1) is 5.35. The quantitative estimate of drug-likeness (QED) is 0.601. The number of rotatable bonds is 3. The second-order valence-corrected chi connectivity index (χ2v) is 3.78. The van der Waals surface area contributed by atoms with Crippen LogP contribution in [0.3, 0.4) is 0 Å². The SMILES string of the molecule is ClCCCC1=NOC2(CC2)C1. The Morgan fingerprint density at radius 3 is 2.91 bits per heavy atom. The van der Waals surface area contributed by atoms with Crippen LogP contribution < -0.4 is 0 Å². The Balaban J connectivity index is 1.78. The van der Waals surface area contributed by atoms with Crippen LogP contribution in [0, 0.1) is 0 Å². The number of alkyl halides is 1. The largest absolute Gasteiger partial charge is 0.389 e. The molecule has 2 rings (SSSR count). The van der Waals surface area contributed by atoms with E-state index >= 15 is 0 Å². The van der Waals surface area contributed by atoms with Crippen molar-refractivity contribution < 1.29 is 4.84 Å². The molecule has 1 heterocycles. The Morgan fingerprint density at radius 2 is 2.36 bits per heavy atom. The van der Waals surface area contributed by atoms with E-state index in [2.05, 4.69) is 5.16 Å². The molecular formula is C8H12ClNO. The van der Waals surface area contributed by atoms with Crippen molar-refractivity contribution in [2.75, 3.05) is 5.88 Å². The van der Waals surface area contributed by atoms with Gasteiger partial charge < -0.3 is 4.84 Å². The molecule has 1 saturated carbocycles. The maximum absolute atomic E-state index is 5.57. The molecule has 0 unspecified atom stereocenters. The van der Waals surface area contributed by atoms with Crippen molar-refractivity contribution in [3.8, 4) is 0 Å². The lowest BCUT2D eigenvalue weighted by molar-refractivity contribution is 0.0650. The van der Waals surface area contributed by atoms with Gasteiger partial charge in [-0.2, -0.15) is 0 Å². The highest BCUT2D eigenvalue weighted by atomic mass is 35.5. The number of halogens is 1. The second kappa shape index (κ2) is 2.67. The molecule has 11 heavy (non-hydrogen) atoms. The van der Waals surface area contributed by atoms with Gasteiger partial charge in [0.1, 0.15) is 5.60 Å². The first-order valence-corrected chi connectivity index (χ1v) is 4.68. The predicted octanol–water partition coefficient (Wildman–Crippen LogP) is 2.31. The molecule has 1 fully saturated rings.